The molecule has 0 saturated heterocycles. The number of hydrogen-bond donors (Lipinski definition) is 0. The number of ketones is 1. The Kier molecular flexibility index (Phi) is 2.68. The van der Waals surface area contributed by atoms with E-state index in [0.29, 0.717) is 11.2 Å². The fraction of sp³-hybridized carbons (Fsp3) is 0.929. The van der Waals surface area contributed by atoms with E-state index in [0.717, 1.165) is 25.2 Å². The summed E-state index contributed by atoms with van der Waals surface area (Å²) >= 11 is 0. The predicted octanol–water partition coefficient (Wildman–Crippen LogP) is 3.96. The number of carbonyl (C=O) groups excluding carboxylic acids is 1. The lowest BCUT2D eigenvalue weighted by Crippen LogP contribution is -2.43. The topological polar surface area (TPSA) is 17.1 Å². The third kappa shape index (κ3) is 1.64. The maximum Gasteiger partial charge on any atom is 0.139 e. The van der Waals surface area contributed by atoms with Crippen LogP contribution >= 0.6 is 0 Å². The van der Waals surface area contributed by atoms with E-state index >= 15 is 0 Å². The lowest BCUT2D eigenvalue weighted by molar-refractivity contribution is -0.133. The highest BCUT2D eigenvalue weighted by molar-refractivity contribution is 5.87. The van der Waals surface area contributed by atoms with Gasteiger partial charge in [-0.05, 0) is 37.0 Å². The van der Waals surface area contributed by atoms with E-state index in [1.54, 1.807) is 0 Å². The molecule has 0 radical (unpaired) electrons. The zero-order valence-corrected chi connectivity index (χ0v) is 10.4. The van der Waals surface area contributed by atoms with Gasteiger partial charge in [0.1, 0.15) is 5.78 Å². The summed E-state index contributed by atoms with van der Waals surface area (Å²) in [5.41, 5.74) is 0.306. The molecule has 0 heterocycles. The highest BCUT2D eigenvalue weighted by Gasteiger charge is 2.51. The van der Waals surface area contributed by atoms with Crippen molar-refractivity contribution in [1.29, 1.82) is 0 Å². The largest absolute Gasteiger partial charge is 0.299 e. The zero-order valence-electron chi connectivity index (χ0n) is 10.4. The van der Waals surface area contributed by atoms with E-state index < -0.39 is 0 Å². The summed E-state index contributed by atoms with van der Waals surface area (Å²) < 4.78 is 0. The molecule has 15 heavy (non-hydrogen) atoms. The Morgan fingerprint density at radius 3 is 2.20 bits per heavy atom. The van der Waals surface area contributed by atoms with Gasteiger partial charge in [-0.25, -0.2) is 0 Å². The maximum absolute atomic E-state index is 12.1. The van der Waals surface area contributed by atoms with Crippen LogP contribution in [0.1, 0.15) is 65.7 Å². The Morgan fingerprint density at radius 1 is 1.13 bits per heavy atom. The molecule has 2 fully saturated rings. The van der Waals surface area contributed by atoms with E-state index in [2.05, 4.69) is 20.8 Å². The molecule has 0 aromatic rings. The normalized spacial score (nSPS) is 47.1. The first-order valence-corrected chi connectivity index (χ1v) is 6.51. The fourth-order valence-corrected chi connectivity index (χ4v) is 3.61. The highest BCUT2D eigenvalue weighted by Crippen LogP contribution is 2.56. The molecule has 2 aliphatic rings. The first-order chi connectivity index (χ1) is 6.98. The molecule has 0 amide bonds. The fourth-order valence-electron chi connectivity index (χ4n) is 3.61. The lowest BCUT2D eigenvalue weighted by atomic mass is 9.56. The Morgan fingerprint density at radius 2 is 1.73 bits per heavy atom. The summed E-state index contributed by atoms with van der Waals surface area (Å²) in [7, 11) is 0. The number of Topliss-reactive ketones (excluding diaryl/α,β-unsaturated/α-hetero) is 1. The molecule has 0 bridgehead atoms. The molecule has 86 valence electrons. The van der Waals surface area contributed by atoms with Crippen LogP contribution in [-0.2, 0) is 4.79 Å². The molecule has 1 heteroatoms. The van der Waals surface area contributed by atoms with Gasteiger partial charge in [-0.2, -0.15) is 0 Å². The SMILES string of the molecule is CC1CCC(C)([C@]2(C)CCCC2=O)CC1. The third-order valence-corrected chi connectivity index (χ3v) is 5.41. The third-order valence-electron chi connectivity index (χ3n) is 5.41. The Labute approximate surface area is 93.6 Å². The average molecular weight is 208 g/mol. The first-order valence-electron chi connectivity index (χ1n) is 6.51. The van der Waals surface area contributed by atoms with E-state index in [-0.39, 0.29) is 5.41 Å². The average Bonchev–Trinajstić information content (AvgIpc) is 2.54. The van der Waals surface area contributed by atoms with Gasteiger partial charge in [0, 0.05) is 11.8 Å². The van der Waals surface area contributed by atoms with Crippen molar-refractivity contribution in [1.82, 2.24) is 0 Å². The monoisotopic (exact) mass is 208 g/mol. The van der Waals surface area contributed by atoms with Gasteiger partial charge in [-0.1, -0.05) is 33.6 Å². The van der Waals surface area contributed by atoms with Crippen molar-refractivity contribution < 1.29 is 4.79 Å². The van der Waals surface area contributed by atoms with Crippen LogP contribution < -0.4 is 0 Å². The summed E-state index contributed by atoms with van der Waals surface area (Å²) in [6.45, 7) is 6.94. The second-order valence-corrected chi connectivity index (χ2v) is 6.35. The molecule has 1 nitrogen and oxygen atoms in total. The first kappa shape index (κ1) is 11.2. The molecular weight excluding hydrogens is 184 g/mol. The Balaban J connectivity index is 2.18. The van der Waals surface area contributed by atoms with Crippen LogP contribution in [0.15, 0.2) is 0 Å². The van der Waals surface area contributed by atoms with Gasteiger partial charge in [-0.3, -0.25) is 4.79 Å². The Hall–Kier alpha value is -0.330. The van der Waals surface area contributed by atoms with Crippen LogP contribution in [-0.4, -0.2) is 5.78 Å². The van der Waals surface area contributed by atoms with Crippen molar-refractivity contribution in [2.45, 2.75) is 65.7 Å². The van der Waals surface area contributed by atoms with Crippen LogP contribution in [0.2, 0.25) is 0 Å². The van der Waals surface area contributed by atoms with Gasteiger partial charge in [0.2, 0.25) is 0 Å². The van der Waals surface area contributed by atoms with Crippen LogP contribution in [0.4, 0.5) is 0 Å². The minimum Gasteiger partial charge on any atom is -0.299 e. The number of carbonyl (C=O) groups is 1. The molecular formula is C14H24O. The molecule has 0 N–H and O–H groups in total. The summed E-state index contributed by atoms with van der Waals surface area (Å²) in [6, 6.07) is 0. The Bertz CT molecular complexity index is 261. The molecule has 0 aromatic carbocycles. The van der Waals surface area contributed by atoms with Crippen LogP contribution in [0.3, 0.4) is 0 Å². The summed E-state index contributed by atoms with van der Waals surface area (Å²) in [4.78, 5) is 12.1. The number of hydrogen-bond acceptors (Lipinski definition) is 1. The maximum atomic E-state index is 12.1. The van der Waals surface area contributed by atoms with Crippen LogP contribution in [0, 0.1) is 16.7 Å². The van der Waals surface area contributed by atoms with E-state index in [1.807, 2.05) is 0 Å². The van der Waals surface area contributed by atoms with Crippen molar-refractivity contribution in [3.8, 4) is 0 Å². The van der Waals surface area contributed by atoms with Crippen molar-refractivity contribution in [2.24, 2.45) is 16.7 Å². The van der Waals surface area contributed by atoms with Gasteiger partial charge in [0.05, 0.1) is 0 Å². The lowest BCUT2D eigenvalue weighted by Gasteiger charge is -2.47. The highest BCUT2D eigenvalue weighted by atomic mass is 16.1. The smallest absolute Gasteiger partial charge is 0.139 e. The van der Waals surface area contributed by atoms with Crippen molar-refractivity contribution in [3.05, 3.63) is 0 Å². The molecule has 2 aliphatic carbocycles. The van der Waals surface area contributed by atoms with Crippen molar-refractivity contribution in [2.75, 3.05) is 0 Å². The zero-order chi connectivity index (χ0) is 11.1. The van der Waals surface area contributed by atoms with Crippen molar-refractivity contribution >= 4 is 5.78 Å². The summed E-state index contributed by atoms with van der Waals surface area (Å²) in [6.07, 6.45) is 8.25. The molecule has 0 spiro atoms. The second-order valence-electron chi connectivity index (χ2n) is 6.35. The molecule has 2 saturated carbocycles. The van der Waals surface area contributed by atoms with Gasteiger partial charge in [0.15, 0.2) is 0 Å². The van der Waals surface area contributed by atoms with E-state index in [1.165, 1.54) is 25.7 Å². The van der Waals surface area contributed by atoms with Gasteiger partial charge < -0.3 is 0 Å². The number of rotatable bonds is 1. The minimum atomic E-state index is 0.00708. The standard InChI is InChI=1S/C14H24O/c1-11-6-9-13(2,10-7-11)14(3)8-4-5-12(14)15/h11H,4-10H2,1-3H3/t11?,13?,14-/m1/s1. The molecule has 1 atom stereocenters. The van der Waals surface area contributed by atoms with Gasteiger partial charge in [-0.15, -0.1) is 0 Å². The van der Waals surface area contributed by atoms with Gasteiger partial charge >= 0.3 is 0 Å². The van der Waals surface area contributed by atoms with Crippen molar-refractivity contribution in [3.63, 3.8) is 0 Å². The van der Waals surface area contributed by atoms with Crippen LogP contribution in [0.25, 0.3) is 0 Å². The molecule has 2 rings (SSSR count). The molecule has 0 aromatic heterocycles. The molecule has 0 aliphatic heterocycles. The second kappa shape index (κ2) is 3.61. The predicted molar refractivity (Wildman–Crippen MR) is 62.7 cm³/mol. The minimum absolute atomic E-state index is 0.00708. The summed E-state index contributed by atoms with van der Waals surface area (Å²) in [5.74, 6) is 1.41. The van der Waals surface area contributed by atoms with E-state index in [4.69, 9.17) is 0 Å². The van der Waals surface area contributed by atoms with Gasteiger partial charge in [0.25, 0.3) is 0 Å². The molecule has 0 unspecified atom stereocenters. The quantitative estimate of drug-likeness (QED) is 0.637. The summed E-state index contributed by atoms with van der Waals surface area (Å²) in [5, 5.41) is 0. The van der Waals surface area contributed by atoms with Crippen LogP contribution in [0.5, 0.6) is 0 Å². The van der Waals surface area contributed by atoms with E-state index in [9.17, 15) is 4.79 Å².